The first-order valence-electron chi connectivity index (χ1n) is 11.7. The summed E-state index contributed by atoms with van der Waals surface area (Å²) < 4.78 is 37.5. The van der Waals surface area contributed by atoms with Crippen LogP contribution in [0.5, 0.6) is 5.75 Å². The molecule has 0 unspecified atom stereocenters. The zero-order chi connectivity index (χ0) is 25.4. The lowest BCUT2D eigenvalue weighted by Gasteiger charge is -2.23. The summed E-state index contributed by atoms with van der Waals surface area (Å²) in [6, 6.07) is 9.26. The molecule has 1 fully saturated rings. The van der Waals surface area contributed by atoms with E-state index in [1.54, 1.807) is 22.8 Å². The van der Waals surface area contributed by atoms with Crippen molar-refractivity contribution in [2.75, 3.05) is 31.7 Å². The molecule has 36 heavy (non-hydrogen) atoms. The standard InChI is InChI=1S/C24H27N5O6S/c1-14-12-26-24(31)20-10-16-2-4-19(27-22(16)29(14)20)23(30)28-18-5-3-17(11-21(18)36(25,32)33)35-13-15-6-8-34-9-7-15/h2-5,10-11,14-15H,6-9,12-13H2,1H3,(H,26,31)(H,28,30)(H2,25,32,33)/t14-/m1/s1. The van der Waals surface area contributed by atoms with Crippen LogP contribution in [0.2, 0.25) is 0 Å². The summed E-state index contributed by atoms with van der Waals surface area (Å²) in [6.07, 6.45) is 1.75. The van der Waals surface area contributed by atoms with E-state index in [0.717, 1.165) is 18.2 Å². The third-order valence-corrected chi connectivity index (χ3v) is 7.43. The Morgan fingerprint density at radius 1 is 1.25 bits per heavy atom. The molecule has 190 valence electrons. The topological polar surface area (TPSA) is 155 Å². The van der Waals surface area contributed by atoms with E-state index in [1.807, 2.05) is 6.92 Å². The van der Waals surface area contributed by atoms with Crippen molar-refractivity contribution in [3.8, 4) is 5.75 Å². The number of nitrogens with two attached hydrogens (primary N) is 1. The first-order valence-corrected chi connectivity index (χ1v) is 13.2. The molecule has 0 aliphatic carbocycles. The third-order valence-electron chi connectivity index (χ3n) is 6.48. The molecule has 1 atom stereocenters. The van der Waals surface area contributed by atoms with Crippen molar-refractivity contribution >= 4 is 38.6 Å². The molecule has 5 rings (SSSR count). The monoisotopic (exact) mass is 513 g/mol. The number of carbonyl (C=O) groups is 2. The number of nitrogens with zero attached hydrogens (tertiary/aromatic N) is 2. The minimum Gasteiger partial charge on any atom is -0.493 e. The average molecular weight is 514 g/mol. The van der Waals surface area contributed by atoms with Gasteiger partial charge in [-0.3, -0.25) is 9.59 Å². The second kappa shape index (κ2) is 9.52. The molecule has 2 amide bonds. The number of ether oxygens (including phenoxy) is 2. The summed E-state index contributed by atoms with van der Waals surface area (Å²) in [6.45, 7) is 4.19. The number of anilines is 1. The molecule has 2 aromatic heterocycles. The highest BCUT2D eigenvalue weighted by Crippen LogP contribution is 2.29. The number of hydrogen-bond acceptors (Lipinski definition) is 7. The highest BCUT2D eigenvalue weighted by Gasteiger charge is 2.26. The zero-order valence-electron chi connectivity index (χ0n) is 19.7. The van der Waals surface area contributed by atoms with Crippen LogP contribution in [0.3, 0.4) is 0 Å². The van der Waals surface area contributed by atoms with Gasteiger partial charge in [-0.05, 0) is 56.0 Å². The summed E-state index contributed by atoms with van der Waals surface area (Å²) in [5, 5.41) is 11.6. The van der Waals surface area contributed by atoms with Gasteiger partial charge in [-0.15, -0.1) is 0 Å². The molecule has 0 bridgehead atoms. The van der Waals surface area contributed by atoms with Crippen molar-refractivity contribution < 1.29 is 27.5 Å². The van der Waals surface area contributed by atoms with Crippen molar-refractivity contribution in [1.82, 2.24) is 14.9 Å². The van der Waals surface area contributed by atoms with Gasteiger partial charge >= 0.3 is 0 Å². The van der Waals surface area contributed by atoms with Crippen molar-refractivity contribution in [1.29, 1.82) is 0 Å². The average Bonchev–Trinajstić information content (AvgIpc) is 3.26. The number of amides is 2. The number of rotatable bonds is 6. The first kappa shape index (κ1) is 24.2. The first-order chi connectivity index (χ1) is 17.2. The SMILES string of the molecule is C[C@@H]1CNC(=O)c2cc3ccc(C(=O)Nc4ccc(OCC5CCOCC5)cc4S(N)(=O)=O)nc3n21. The van der Waals surface area contributed by atoms with Crippen LogP contribution in [0.4, 0.5) is 5.69 Å². The van der Waals surface area contributed by atoms with Crippen molar-refractivity contribution in [2.24, 2.45) is 11.1 Å². The molecule has 0 spiro atoms. The van der Waals surface area contributed by atoms with Gasteiger partial charge in [0.1, 0.15) is 27.7 Å². The van der Waals surface area contributed by atoms with Gasteiger partial charge in [-0.1, -0.05) is 0 Å². The van der Waals surface area contributed by atoms with Gasteiger partial charge in [0.15, 0.2) is 0 Å². The lowest BCUT2D eigenvalue weighted by atomic mass is 10.0. The molecule has 3 aromatic rings. The predicted molar refractivity (Wildman–Crippen MR) is 132 cm³/mol. The largest absolute Gasteiger partial charge is 0.493 e. The second-order valence-corrected chi connectivity index (χ2v) is 10.6. The molecule has 1 aromatic carbocycles. The Kier molecular flexibility index (Phi) is 6.41. The molecule has 0 saturated carbocycles. The Bertz CT molecular complexity index is 1440. The Morgan fingerprint density at radius 2 is 2.03 bits per heavy atom. The third kappa shape index (κ3) is 4.79. The minimum absolute atomic E-state index is 0.0211. The summed E-state index contributed by atoms with van der Waals surface area (Å²) in [7, 11) is -4.16. The maximum absolute atomic E-state index is 13.0. The van der Waals surface area contributed by atoms with Crippen LogP contribution < -0.4 is 20.5 Å². The van der Waals surface area contributed by atoms with E-state index in [9.17, 15) is 18.0 Å². The molecule has 11 nitrogen and oxygen atoms in total. The van der Waals surface area contributed by atoms with Crippen LogP contribution in [-0.2, 0) is 14.8 Å². The van der Waals surface area contributed by atoms with E-state index in [-0.39, 0.29) is 28.2 Å². The fourth-order valence-electron chi connectivity index (χ4n) is 4.51. The van der Waals surface area contributed by atoms with E-state index in [0.29, 0.717) is 49.4 Å². The maximum atomic E-state index is 13.0. The zero-order valence-corrected chi connectivity index (χ0v) is 20.5. The Balaban J connectivity index is 1.39. The summed E-state index contributed by atoms with van der Waals surface area (Å²) in [5.41, 5.74) is 1.07. The highest BCUT2D eigenvalue weighted by atomic mass is 32.2. The number of hydrogen-bond donors (Lipinski definition) is 3. The number of fused-ring (bicyclic) bond motifs is 3. The van der Waals surface area contributed by atoms with Gasteiger partial charge < -0.3 is 24.7 Å². The molecule has 0 radical (unpaired) electrons. The lowest BCUT2D eigenvalue weighted by molar-refractivity contribution is 0.0497. The Hall–Kier alpha value is -3.48. The molecule has 4 heterocycles. The van der Waals surface area contributed by atoms with Gasteiger partial charge in [0.05, 0.1) is 18.3 Å². The second-order valence-electron chi connectivity index (χ2n) is 9.09. The number of aromatic nitrogens is 2. The van der Waals surface area contributed by atoms with Crippen LogP contribution in [-0.4, -0.2) is 56.1 Å². The van der Waals surface area contributed by atoms with Crippen molar-refractivity contribution in [2.45, 2.75) is 30.7 Å². The van der Waals surface area contributed by atoms with Gasteiger partial charge in [0, 0.05) is 31.2 Å². The smallest absolute Gasteiger partial charge is 0.274 e. The molecule has 12 heteroatoms. The quantitative estimate of drug-likeness (QED) is 0.456. The van der Waals surface area contributed by atoms with Crippen molar-refractivity contribution in [3.63, 3.8) is 0 Å². The molecular weight excluding hydrogens is 486 g/mol. The predicted octanol–water partition coefficient (Wildman–Crippen LogP) is 2.05. The van der Waals surface area contributed by atoms with Gasteiger partial charge in [0.2, 0.25) is 10.0 Å². The summed E-state index contributed by atoms with van der Waals surface area (Å²) >= 11 is 0. The molecule has 1 saturated heterocycles. The van der Waals surface area contributed by atoms with Crippen molar-refractivity contribution in [3.05, 3.63) is 47.8 Å². The number of sulfonamides is 1. The minimum atomic E-state index is -4.16. The molecule has 4 N–H and O–H groups in total. The van der Waals surface area contributed by atoms with Gasteiger partial charge in [0.25, 0.3) is 11.8 Å². The number of benzene rings is 1. The lowest BCUT2D eigenvalue weighted by Crippen LogP contribution is -2.37. The van der Waals surface area contributed by atoms with Crippen LogP contribution >= 0.6 is 0 Å². The number of carbonyl (C=O) groups excluding carboxylic acids is 2. The number of pyridine rings is 1. The van der Waals surface area contributed by atoms with Crippen LogP contribution in [0.15, 0.2) is 41.3 Å². The van der Waals surface area contributed by atoms with E-state index in [2.05, 4.69) is 15.6 Å². The van der Waals surface area contributed by atoms with E-state index in [1.165, 1.54) is 18.2 Å². The van der Waals surface area contributed by atoms with E-state index in [4.69, 9.17) is 14.6 Å². The fourth-order valence-corrected chi connectivity index (χ4v) is 5.22. The number of nitrogens with one attached hydrogen (secondary N) is 2. The van der Waals surface area contributed by atoms with E-state index >= 15 is 0 Å². The Morgan fingerprint density at radius 3 is 2.78 bits per heavy atom. The van der Waals surface area contributed by atoms with Crippen LogP contribution in [0.1, 0.15) is 46.8 Å². The van der Waals surface area contributed by atoms with Gasteiger partial charge in [-0.25, -0.2) is 18.5 Å². The summed E-state index contributed by atoms with van der Waals surface area (Å²) in [4.78, 5) is 29.5. The molecular formula is C24H27N5O6S. The summed E-state index contributed by atoms with van der Waals surface area (Å²) in [5.74, 6) is -0.143. The van der Waals surface area contributed by atoms with Gasteiger partial charge in [-0.2, -0.15) is 0 Å². The Labute approximate surface area is 208 Å². The molecule has 2 aliphatic rings. The van der Waals surface area contributed by atoms with Crippen LogP contribution in [0.25, 0.3) is 11.0 Å². The van der Waals surface area contributed by atoms with E-state index < -0.39 is 15.9 Å². The number of primary sulfonamides is 1. The highest BCUT2D eigenvalue weighted by molar-refractivity contribution is 7.89. The maximum Gasteiger partial charge on any atom is 0.274 e. The normalized spacial score (nSPS) is 18.5. The fraction of sp³-hybridized carbons (Fsp3) is 0.375. The van der Waals surface area contributed by atoms with Crippen LogP contribution in [0, 0.1) is 5.92 Å². The molecule has 2 aliphatic heterocycles.